The van der Waals surface area contributed by atoms with E-state index in [1.807, 2.05) is 24.3 Å². The topological polar surface area (TPSA) is 137 Å². The first-order valence-electron chi connectivity index (χ1n) is 12.5. The number of aliphatic carboxylic acids is 1. The number of nitrogens with zero attached hydrogens (tertiary/aromatic N) is 4. The fourth-order valence-corrected chi connectivity index (χ4v) is 4.33. The molecule has 10 nitrogen and oxygen atoms in total. The minimum Gasteiger partial charge on any atom is -0.507 e. The molecular formula is C27H33N5O5. The van der Waals surface area contributed by atoms with Gasteiger partial charge in [-0.3, -0.25) is 14.6 Å². The van der Waals surface area contributed by atoms with E-state index in [0.29, 0.717) is 43.3 Å². The minimum absolute atomic E-state index is 0.134. The Kier molecular flexibility index (Phi) is 8.05. The summed E-state index contributed by atoms with van der Waals surface area (Å²) in [6.45, 7) is 4.74. The van der Waals surface area contributed by atoms with Crippen molar-refractivity contribution in [2.75, 3.05) is 23.3 Å². The minimum atomic E-state index is -0.855. The van der Waals surface area contributed by atoms with Crippen molar-refractivity contribution < 1.29 is 24.5 Å². The van der Waals surface area contributed by atoms with Gasteiger partial charge in [0.15, 0.2) is 11.6 Å². The van der Waals surface area contributed by atoms with Crippen molar-refractivity contribution >= 4 is 29.7 Å². The number of hydrogen-bond acceptors (Lipinski definition) is 8. The number of amides is 1. The Balaban J connectivity index is 1.33. The van der Waals surface area contributed by atoms with Crippen molar-refractivity contribution in [2.24, 2.45) is 10.4 Å². The summed E-state index contributed by atoms with van der Waals surface area (Å²) in [5, 5.41) is 22.2. The summed E-state index contributed by atoms with van der Waals surface area (Å²) in [6, 6.07) is 7.40. The number of carbonyl (C=O) groups excluding carboxylic acids is 1. The summed E-state index contributed by atoms with van der Waals surface area (Å²) in [5.74, 6) is 0.417. The summed E-state index contributed by atoms with van der Waals surface area (Å²) < 4.78 is 5.95. The van der Waals surface area contributed by atoms with Crippen LogP contribution < -0.4 is 10.2 Å². The molecule has 1 unspecified atom stereocenters. The second-order valence-electron chi connectivity index (χ2n) is 10.1. The van der Waals surface area contributed by atoms with E-state index in [4.69, 9.17) is 4.74 Å². The zero-order valence-corrected chi connectivity index (χ0v) is 21.2. The van der Waals surface area contributed by atoms with Crippen LogP contribution in [0.2, 0.25) is 0 Å². The number of carbonyl (C=O) groups is 2. The average Bonchev–Trinajstić information content (AvgIpc) is 2.87. The number of hydrogen-bond donors (Lipinski definition) is 3. The molecule has 1 aromatic heterocycles. The second-order valence-corrected chi connectivity index (χ2v) is 10.1. The second kappa shape index (κ2) is 11.4. The largest absolute Gasteiger partial charge is 0.507 e. The van der Waals surface area contributed by atoms with Crippen LogP contribution in [0.1, 0.15) is 50.7 Å². The number of nitrogens with one attached hydrogen (secondary N) is 1. The van der Waals surface area contributed by atoms with E-state index in [0.717, 1.165) is 30.5 Å². The number of carboxylic acid groups (broad SMARTS) is 1. The summed E-state index contributed by atoms with van der Waals surface area (Å²) >= 11 is 0. The molecule has 10 heteroatoms. The SMILES string of the molecule is CC(C)(Cc1ccc(CC(=O)Nc2cncc(N3CCCC(OC4=C(O)CCC=N4)C3)n2)cc1)C(=O)O. The van der Waals surface area contributed by atoms with Crippen molar-refractivity contribution in [3.8, 4) is 0 Å². The van der Waals surface area contributed by atoms with Gasteiger partial charge in [0, 0.05) is 19.2 Å². The van der Waals surface area contributed by atoms with Crippen LogP contribution in [0.4, 0.5) is 11.6 Å². The van der Waals surface area contributed by atoms with Crippen molar-refractivity contribution in [3.05, 3.63) is 59.4 Å². The molecule has 0 saturated carbocycles. The van der Waals surface area contributed by atoms with E-state index < -0.39 is 11.4 Å². The molecule has 196 valence electrons. The predicted molar refractivity (Wildman–Crippen MR) is 140 cm³/mol. The predicted octanol–water partition coefficient (Wildman–Crippen LogP) is 3.89. The van der Waals surface area contributed by atoms with E-state index in [9.17, 15) is 19.8 Å². The number of ether oxygens (including phenoxy) is 1. The van der Waals surface area contributed by atoms with Gasteiger partial charge in [-0.15, -0.1) is 0 Å². The van der Waals surface area contributed by atoms with E-state index in [1.54, 1.807) is 26.3 Å². The van der Waals surface area contributed by atoms with Gasteiger partial charge >= 0.3 is 5.97 Å². The number of allylic oxidation sites excluding steroid dienone is 1. The highest BCUT2D eigenvalue weighted by Crippen LogP contribution is 2.25. The molecule has 3 N–H and O–H groups in total. The van der Waals surface area contributed by atoms with Crippen LogP contribution in [0, 0.1) is 5.41 Å². The number of aliphatic imine (C=N–C) groups is 1. The average molecular weight is 508 g/mol. The first-order valence-corrected chi connectivity index (χ1v) is 12.5. The third-order valence-corrected chi connectivity index (χ3v) is 6.45. The summed E-state index contributed by atoms with van der Waals surface area (Å²) in [7, 11) is 0. The van der Waals surface area contributed by atoms with Crippen LogP contribution in [0.5, 0.6) is 0 Å². The Morgan fingerprint density at radius 2 is 1.95 bits per heavy atom. The summed E-state index contributed by atoms with van der Waals surface area (Å²) in [5.41, 5.74) is 0.865. The number of anilines is 2. The van der Waals surface area contributed by atoms with Gasteiger partial charge in [-0.1, -0.05) is 24.3 Å². The van der Waals surface area contributed by atoms with E-state index in [-0.39, 0.29) is 24.2 Å². The third kappa shape index (κ3) is 7.05. The quantitative estimate of drug-likeness (QED) is 0.465. The molecule has 1 fully saturated rings. The monoisotopic (exact) mass is 507 g/mol. The lowest BCUT2D eigenvalue weighted by Crippen LogP contribution is -2.40. The summed E-state index contributed by atoms with van der Waals surface area (Å²) in [4.78, 5) is 39.1. The highest BCUT2D eigenvalue weighted by molar-refractivity contribution is 5.91. The first kappa shape index (κ1) is 26.1. The normalized spacial score (nSPS) is 18.0. The molecule has 0 bridgehead atoms. The van der Waals surface area contributed by atoms with Crippen LogP contribution in [0.15, 0.2) is 53.3 Å². The number of piperidine rings is 1. The van der Waals surface area contributed by atoms with E-state index in [1.165, 1.54) is 6.20 Å². The maximum atomic E-state index is 12.6. The lowest BCUT2D eigenvalue weighted by molar-refractivity contribution is -0.146. The van der Waals surface area contributed by atoms with E-state index >= 15 is 0 Å². The van der Waals surface area contributed by atoms with Gasteiger partial charge in [0.2, 0.25) is 5.91 Å². The van der Waals surface area contributed by atoms with Gasteiger partial charge in [-0.25, -0.2) is 9.98 Å². The van der Waals surface area contributed by atoms with Crippen molar-refractivity contribution in [2.45, 2.75) is 58.5 Å². The van der Waals surface area contributed by atoms with Crippen LogP contribution >= 0.6 is 0 Å². The van der Waals surface area contributed by atoms with Crippen LogP contribution in [0.3, 0.4) is 0 Å². The third-order valence-electron chi connectivity index (χ3n) is 6.45. The fraction of sp³-hybridized carbons (Fsp3) is 0.444. The Morgan fingerprint density at radius 1 is 1.19 bits per heavy atom. The maximum absolute atomic E-state index is 12.6. The molecule has 2 aliphatic heterocycles. The number of aliphatic hydroxyl groups is 1. The van der Waals surface area contributed by atoms with Crippen LogP contribution in [-0.2, 0) is 27.2 Å². The molecule has 1 atom stereocenters. The Bertz CT molecular complexity index is 1190. The van der Waals surface area contributed by atoms with Crippen molar-refractivity contribution in [3.63, 3.8) is 0 Å². The lowest BCUT2D eigenvalue weighted by Gasteiger charge is -2.33. The number of aliphatic hydroxyl groups excluding tert-OH is 1. The molecule has 37 heavy (non-hydrogen) atoms. The van der Waals surface area contributed by atoms with Gasteiger partial charge in [0.05, 0.1) is 30.8 Å². The molecule has 1 amide bonds. The number of rotatable bonds is 9. The van der Waals surface area contributed by atoms with Gasteiger partial charge < -0.3 is 25.2 Å². The Morgan fingerprint density at radius 3 is 2.68 bits per heavy atom. The zero-order valence-electron chi connectivity index (χ0n) is 21.2. The van der Waals surface area contributed by atoms with Crippen molar-refractivity contribution in [1.29, 1.82) is 0 Å². The molecule has 1 aromatic carbocycles. The molecule has 0 aliphatic carbocycles. The molecule has 0 radical (unpaired) electrons. The first-order chi connectivity index (χ1) is 17.7. The molecule has 1 saturated heterocycles. The smallest absolute Gasteiger partial charge is 0.309 e. The molecule has 2 aromatic rings. The van der Waals surface area contributed by atoms with Crippen LogP contribution in [-0.4, -0.2) is 57.5 Å². The lowest BCUT2D eigenvalue weighted by atomic mass is 9.86. The fourth-order valence-electron chi connectivity index (χ4n) is 4.33. The number of aromatic nitrogens is 2. The molecule has 4 rings (SSSR count). The van der Waals surface area contributed by atoms with Gasteiger partial charge in [-0.2, -0.15) is 0 Å². The van der Waals surface area contributed by atoms with Crippen molar-refractivity contribution in [1.82, 2.24) is 9.97 Å². The zero-order chi connectivity index (χ0) is 26.4. The van der Waals surface area contributed by atoms with Gasteiger partial charge in [-0.05, 0) is 50.7 Å². The molecular weight excluding hydrogens is 474 g/mol. The van der Waals surface area contributed by atoms with Gasteiger partial charge in [0.25, 0.3) is 5.88 Å². The molecule has 2 aliphatic rings. The molecule has 0 spiro atoms. The summed E-state index contributed by atoms with van der Waals surface area (Å²) in [6.07, 6.45) is 8.33. The highest BCUT2D eigenvalue weighted by Gasteiger charge is 2.27. The maximum Gasteiger partial charge on any atom is 0.309 e. The number of carboxylic acids is 1. The van der Waals surface area contributed by atoms with Gasteiger partial charge in [0.1, 0.15) is 11.9 Å². The van der Waals surface area contributed by atoms with E-state index in [2.05, 4.69) is 25.2 Å². The molecule has 3 heterocycles. The Hall–Kier alpha value is -3.95. The Labute approximate surface area is 216 Å². The van der Waals surface area contributed by atoms with Crippen LogP contribution in [0.25, 0.3) is 0 Å². The number of benzene rings is 1. The highest BCUT2D eigenvalue weighted by atomic mass is 16.5. The standard InChI is InChI=1S/C27H33N5O5/c1-27(2,26(35)36)14-19-9-7-18(8-10-19)13-24(34)31-22-15-28-16-23(30-22)32-12-4-5-20(17-32)37-25-21(33)6-3-11-29-25/h7-11,15-16,20,33H,3-6,12-14,17H2,1-2H3,(H,35,36)(H,30,31,34).